The summed E-state index contributed by atoms with van der Waals surface area (Å²) in [5.74, 6) is -0.918. The molecule has 1 heterocycles. The third kappa shape index (κ3) is 4.78. The van der Waals surface area contributed by atoms with Gasteiger partial charge < -0.3 is 10.2 Å². The fourth-order valence-electron chi connectivity index (χ4n) is 3.39. The fraction of sp³-hybridized carbons (Fsp3) is 0.0833. The molecule has 10 heteroatoms. The molecule has 0 aliphatic carbocycles. The number of nitro groups is 1. The molecule has 1 radical (unpaired) electrons. The van der Waals surface area contributed by atoms with Gasteiger partial charge in [0.25, 0.3) is 5.69 Å². The molecule has 175 valence electrons. The summed E-state index contributed by atoms with van der Waals surface area (Å²) in [6.07, 6.45) is 1.45. The van der Waals surface area contributed by atoms with Crippen LogP contribution in [0.25, 0.3) is 5.69 Å². The number of rotatable bonds is 5. The van der Waals surface area contributed by atoms with Crippen LogP contribution in [-0.4, -0.2) is 20.5 Å². The first-order valence-electron chi connectivity index (χ1n) is 10.0. The first kappa shape index (κ1) is 24.5. The first-order valence-corrected chi connectivity index (χ1v) is 10.0. The Morgan fingerprint density at radius 1 is 0.941 bits per heavy atom. The zero-order valence-electron chi connectivity index (χ0n) is 18.2. The topological polar surface area (TPSA) is 124 Å². The fourth-order valence-corrected chi connectivity index (χ4v) is 3.39. The van der Waals surface area contributed by atoms with Crippen LogP contribution < -0.4 is 15.7 Å². The van der Waals surface area contributed by atoms with Crippen LogP contribution >= 0.6 is 0 Å². The predicted octanol–water partition coefficient (Wildman–Crippen LogP) is 3.16. The average molecular weight is 505 g/mol. The second-order valence-corrected chi connectivity index (χ2v) is 7.25. The van der Waals surface area contributed by atoms with Crippen LogP contribution in [0.2, 0.25) is 0 Å². The van der Waals surface area contributed by atoms with E-state index in [9.17, 15) is 20.3 Å². The van der Waals surface area contributed by atoms with E-state index >= 15 is 0 Å². The molecule has 0 atom stereocenters. The Hall–Kier alpha value is -4.14. The Morgan fingerprint density at radius 2 is 1.62 bits per heavy atom. The Bertz CT molecular complexity index is 1440. The number of hydrogen-bond donors (Lipinski definition) is 0. The van der Waals surface area contributed by atoms with Crippen molar-refractivity contribution in [1.29, 1.82) is 0 Å². The molecule has 0 aliphatic heterocycles. The summed E-state index contributed by atoms with van der Waals surface area (Å²) in [7, 11) is 1.85. The van der Waals surface area contributed by atoms with E-state index in [1.54, 1.807) is 18.2 Å². The molecule has 4 aromatic rings. The quantitative estimate of drug-likeness (QED) is 0.179. The monoisotopic (exact) mass is 504 g/mol. The molecule has 0 amide bonds. The normalized spacial score (nSPS) is 11.5. The molecule has 0 spiro atoms. The third-order valence-corrected chi connectivity index (χ3v) is 5.16. The van der Waals surface area contributed by atoms with Gasteiger partial charge in [0.1, 0.15) is 5.69 Å². The smallest absolute Gasteiger partial charge is 0.871 e. The van der Waals surface area contributed by atoms with E-state index in [4.69, 9.17) is 0 Å². The number of para-hydroxylation sites is 3. The molecule has 0 bridgehead atoms. The summed E-state index contributed by atoms with van der Waals surface area (Å²) in [5.41, 5.74) is 2.70. The van der Waals surface area contributed by atoms with Crippen LogP contribution in [0.1, 0.15) is 11.3 Å². The minimum absolute atomic E-state index is 0. The molecule has 34 heavy (non-hydrogen) atoms. The maximum Gasteiger partial charge on any atom is 2.00 e. The molecule has 9 nitrogen and oxygen atoms in total. The van der Waals surface area contributed by atoms with Gasteiger partial charge in [-0.25, -0.2) is 9.67 Å². The van der Waals surface area contributed by atoms with Gasteiger partial charge >= 0.3 is 17.1 Å². The van der Waals surface area contributed by atoms with Crippen LogP contribution in [0.3, 0.4) is 0 Å². The molecule has 1 aromatic heterocycles. The van der Waals surface area contributed by atoms with Crippen molar-refractivity contribution in [2.24, 2.45) is 17.0 Å². The first-order chi connectivity index (χ1) is 15.9. The largest absolute Gasteiger partial charge is 2.00 e. The predicted molar refractivity (Wildman–Crippen MR) is 120 cm³/mol. The van der Waals surface area contributed by atoms with Crippen molar-refractivity contribution in [3.63, 3.8) is 0 Å². The molecule has 4 rings (SSSR count). The van der Waals surface area contributed by atoms with E-state index in [1.807, 2.05) is 53.7 Å². The maximum atomic E-state index is 12.3. The number of nitrogens with zero attached hydrogens (tertiary/aromatic N) is 5. The molecule has 0 aliphatic rings. The second-order valence-electron chi connectivity index (χ2n) is 7.25. The SMILES string of the molecule is Cc1c(N=Cc2ccc([N+](=O)[O-])c([O-])c2)c(=Nc2ccccc2[O-])n(-c2ccccc2)n1C.[Cu+2]. The number of aliphatic imine (C=N–C) groups is 1. The van der Waals surface area contributed by atoms with Crippen molar-refractivity contribution in [1.82, 2.24) is 9.36 Å². The van der Waals surface area contributed by atoms with Crippen molar-refractivity contribution in [2.45, 2.75) is 6.92 Å². The standard InChI is InChI=1S/C24H21N5O4.Cu/c1-16-23(25-15-17-12-13-20(29(32)33)22(31)14-17)24(26-19-10-6-7-11-21(19)30)28(27(16)2)18-8-4-3-5-9-18;/h3-15,30-31H,1-2H3;/q;+2/p-2. The third-order valence-electron chi connectivity index (χ3n) is 5.16. The molecular weight excluding hydrogens is 486 g/mol. The molecule has 3 aromatic carbocycles. The van der Waals surface area contributed by atoms with Gasteiger partial charge in [-0.15, -0.1) is 0 Å². The number of benzene rings is 3. The molecule has 0 unspecified atom stereocenters. The van der Waals surface area contributed by atoms with Crippen molar-refractivity contribution < 1.29 is 32.2 Å². The summed E-state index contributed by atoms with van der Waals surface area (Å²) in [6.45, 7) is 1.86. The zero-order chi connectivity index (χ0) is 23.5. The van der Waals surface area contributed by atoms with Gasteiger partial charge in [-0.3, -0.25) is 19.8 Å². The summed E-state index contributed by atoms with van der Waals surface area (Å²) < 4.78 is 3.70. The van der Waals surface area contributed by atoms with Crippen LogP contribution in [0.15, 0.2) is 82.8 Å². The summed E-state index contributed by atoms with van der Waals surface area (Å²) in [4.78, 5) is 19.4. The number of nitro benzene ring substituents is 1. The van der Waals surface area contributed by atoms with Crippen molar-refractivity contribution >= 4 is 23.3 Å². The van der Waals surface area contributed by atoms with E-state index in [2.05, 4.69) is 9.98 Å². The molecule has 0 saturated carbocycles. The number of hydrogen-bond acceptors (Lipinski definition) is 6. The van der Waals surface area contributed by atoms with Gasteiger partial charge in [0, 0.05) is 19.3 Å². The molecule has 0 saturated heterocycles. The van der Waals surface area contributed by atoms with E-state index in [-0.39, 0.29) is 28.5 Å². The Labute approximate surface area is 205 Å². The van der Waals surface area contributed by atoms with Crippen LogP contribution in [0.5, 0.6) is 11.5 Å². The van der Waals surface area contributed by atoms with Gasteiger partial charge in [-0.05, 0) is 42.5 Å². The van der Waals surface area contributed by atoms with Crippen LogP contribution in [0.4, 0.5) is 17.1 Å². The zero-order valence-corrected chi connectivity index (χ0v) is 19.1. The molecule has 0 N–H and O–H groups in total. The van der Waals surface area contributed by atoms with Crippen molar-refractivity contribution in [2.75, 3.05) is 0 Å². The minimum Gasteiger partial charge on any atom is -0.871 e. The molecular formula is C24H19CuN5O4. The van der Waals surface area contributed by atoms with Crippen LogP contribution in [-0.2, 0) is 24.1 Å². The van der Waals surface area contributed by atoms with Crippen LogP contribution in [0, 0.1) is 17.0 Å². The van der Waals surface area contributed by atoms with Gasteiger partial charge in [0.2, 0.25) is 0 Å². The Balaban J connectivity index is 0.00000324. The van der Waals surface area contributed by atoms with Gasteiger partial charge in [-0.2, -0.15) is 0 Å². The van der Waals surface area contributed by atoms with E-state index in [0.29, 0.717) is 16.7 Å². The number of aromatic nitrogens is 2. The summed E-state index contributed by atoms with van der Waals surface area (Å²) in [5, 5.41) is 35.2. The Kier molecular flexibility index (Phi) is 7.35. The second kappa shape index (κ2) is 10.2. The van der Waals surface area contributed by atoms with Crippen molar-refractivity contribution in [3.8, 4) is 17.2 Å². The van der Waals surface area contributed by atoms with Gasteiger partial charge in [0.15, 0.2) is 5.49 Å². The average Bonchev–Trinajstić information content (AvgIpc) is 3.03. The minimum atomic E-state index is -0.718. The summed E-state index contributed by atoms with van der Waals surface area (Å²) >= 11 is 0. The van der Waals surface area contributed by atoms with E-state index in [0.717, 1.165) is 23.5 Å². The summed E-state index contributed by atoms with van der Waals surface area (Å²) in [6, 6.07) is 19.7. The van der Waals surface area contributed by atoms with Gasteiger partial charge in [-0.1, -0.05) is 48.2 Å². The van der Waals surface area contributed by atoms with Gasteiger partial charge in [0.05, 0.1) is 22.0 Å². The maximum absolute atomic E-state index is 12.3. The van der Waals surface area contributed by atoms with E-state index < -0.39 is 16.4 Å². The van der Waals surface area contributed by atoms with Crippen molar-refractivity contribution in [3.05, 3.63) is 99.7 Å². The Morgan fingerprint density at radius 3 is 2.26 bits per heavy atom. The van der Waals surface area contributed by atoms with E-state index in [1.165, 1.54) is 18.3 Å². The molecule has 0 fully saturated rings.